The third-order valence-electron chi connectivity index (χ3n) is 4.15. The predicted molar refractivity (Wildman–Crippen MR) is 94.0 cm³/mol. The maximum absolute atomic E-state index is 12.5. The molecule has 7 nitrogen and oxygen atoms in total. The zero-order valence-corrected chi connectivity index (χ0v) is 14.1. The SMILES string of the molecule is Cc1ccc2c(c1)-n1nnc(C(=O)OCc3ccccc3)c1CC(=O)N2. The van der Waals surface area contributed by atoms with Crippen molar-refractivity contribution in [2.45, 2.75) is 20.0 Å². The highest BCUT2D eigenvalue weighted by Crippen LogP contribution is 2.27. The number of aromatic nitrogens is 3. The van der Waals surface area contributed by atoms with Gasteiger partial charge in [-0.05, 0) is 30.2 Å². The maximum Gasteiger partial charge on any atom is 0.361 e. The van der Waals surface area contributed by atoms with Crippen LogP contribution in [0.1, 0.15) is 27.3 Å². The molecule has 2 heterocycles. The van der Waals surface area contributed by atoms with E-state index in [4.69, 9.17) is 4.74 Å². The van der Waals surface area contributed by atoms with Crippen molar-refractivity contribution in [1.29, 1.82) is 0 Å². The van der Waals surface area contributed by atoms with Crippen LogP contribution in [-0.4, -0.2) is 26.9 Å². The first-order valence-corrected chi connectivity index (χ1v) is 8.18. The smallest absolute Gasteiger partial charge is 0.361 e. The highest BCUT2D eigenvalue weighted by molar-refractivity contribution is 5.98. The average molecular weight is 348 g/mol. The molecular weight excluding hydrogens is 332 g/mol. The van der Waals surface area contributed by atoms with Gasteiger partial charge in [0.25, 0.3) is 0 Å². The van der Waals surface area contributed by atoms with Crippen molar-refractivity contribution in [2.75, 3.05) is 5.32 Å². The van der Waals surface area contributed by atoms with E-state index in [0.29, 0.717) is 17.1 Å². The van der Waals surface area contributed by atoms with E-state index in [1.807, 2.05) is 55.5 Å². The first-order chi connectivity index (χ1) is 12.6. The standard InChI is InChI=1S/C19H16N4O3/c1-12-7-8-14-15(9-12)23-16(10-17(24)20-14)18(21-22-23)19(25)26-11-13-5-3-2-4-6-13/h2-9H,10-11H2,1H3,(H,20,24). The number of aryl methyl sites for hydroxylation is 1. The molecule has 7 heteroatoms. The summed E-state index contributed by atoms with van der Waals surface area (Å²) >= 11 is 0. The zero-order chi connectivity index (χ0) is 18.1. The molecule has 4 rings (SSSR count). The third-order valence-corrected chi connectivity index (χ3v) is 4.15. The zero-order valence-electron chi connectivity index (χ0n) is 14.1. The van der Waals surface area contributed by atoms with Gasteiger partial charge in [0.05, 0.1) is 23.5 Å². The Bertz CT molecular complexity index is 995. The van der Waals surface area contributed by atoms with Gasteiger partial charge in [0.15, 0.2) is 5.69 Å². The van der Waals surface area contributed by atoms with Gasteiger partial charge >= 0.3 is 5.97 Å². The Morgan fingerprint density at radius 2 is 2.04 bits per heavy atom. The van der Waals surface area contributed by atoms with Gasteiger partial charge in [-0.25, -0.2) is 9.48 Å². The number of rotatable bonds is 3. The number of hydrogen-bond acceptors (Lipinski definition) is 5. The van der Waals surface area contributed by atoms with Crippen LogP contribution in [0.15, 0.2) is 48.5 Å². The van der Waals surface area contributed by atoms with E-state index in [1.165, 1.54) is 4.68 Å². The van der Waals surface area contributed by atoms with Gasteiger partial charge in [0.2, 0.25) is 5.91 Å². The Morgan fingerprint density at radius 1 is 1.23 bits per heavy atom. The van der Waals surface area contributed by atoms with Crippen LogP contribution in [0, 0.1) is 6.92 Å². The van der Waals surface area contributed by atoms with Crippen molar-refractivity contribution >= 4 is 17.6 Å². The van der Waals surface area contributed by atoms with E-state index in [-0.39, 0.29) is 24.6 Å². The molecule has 1 N–H and O–H groups in total. The Morgan fingerprint density at radius 3 is 2.85 bits per heavy atom. The molecule has 1 aliphatic rings. The quantitative estimate of drug-likeness (QED) is 0.735. The number of amides is 1. The molecule has 0 unspecified atom stereocenters. The summed E-state index contributed by atoms with van der Waals surface area (Å²) in [7, 11) is 0. The molecule has 0 atom stereocenters. The molecule has 0 bridgehead atoms. The summed E-state index contributed by atoms with van der Waals surface area (Å²) in [5.41, 5.74) is 3.68. The minimum Gasteiger partial charge on any atom is -0.456 e. The number of anilines is 1. The van der Waals surface area contributed by atoms with Crippen LogP contribution in [0.2, 0.25) is 0 Å². The number of nitrogens with zero attached hydrogens (tertiary/aromatic N) is 3. The molecule has 1 amide bonds. The molecule has 0 radical (unpaired) electrons. The molecule has 2 aromatic carbocycles. The molecule has 0 saturated carbocycles. The summed E-state index contributed by atoms with van der Waals surface area (Å²) in [6.45, 7) is 2.08. The Labute approximate surface area is 149 Å². The summed E-state index contributed by atoms with van der Waals surface area (Å²) in [6.07, 6.45) is -0.00347. The number of carbonyl (C=O) groups is 2. The number of benzene rings is 2. The minimum absolute atomic E-state index is 0.00347. The van der Waals surface area contributed by atoms with Crippen LogP contribution in [0.3, 0.4) is 0 Å². The molecule has 26 heavy (non-hydrogen) atoms. The predicted octanol–water partition coefficient (Wildman–Crippen LogP) is 2.43. The Kier molecular flexibility index (Phi) is 3.96. The van der Waals surface area contributed by atoms with E-state index in [9.17, 15) is 9.59 Å². The van der Waals surface area contributed by atoms with Gasteiger partial charge < -0.3 is 10.1 Å². The molecule has 1 aliphatic heterocycles. The van der Waals surface area contributed by atoms with Crippen LogP contribution in [-0.2, 0) is 22.6 Å². The van der Waals surface area contributed by atoms with E-state index in [0.717, 1.165) is 11.1 Å². The fraction of sp³-hybridized carbons (Fsp3) is 0.158. The van der Waals surface area contributed by atoms with Gasteiger partial charge in [-0.3, -0.25) is 4.79 Å². The van der Waals surface area contributed by atoms with E-state index in [2.05, 4.69) is 15.6 Å². The van der Waals surface area contributed by atoms with Gasteiger partial charge in [-0.1, -0.05) is 41.6 Å². The Hall–Kier alpha value is -3.48. The van der Waals surface area contributed by atoms with Crippen LogP contribution in [0.5, 0.6) is 0 Å². The molecular formula is C19H16N4O3. The normalized spacial score (nSPS) is 12.6. The second-order valence-electron chi connectivity index (χ2n) is 6.10. The van der Waals surface area contributed by atoms with Crippen LogP contribution >= 0.6 is 0 Å². The summed E-state index contributed by atoms with van der Waals surface area (Å²) in [4.78, 5) is 24.7. The van der Waals surface area contributed by atoms with E-state index < -0.39 is 5.97 Å². The number of nitrogens with one attached hydrogen (secondary N) is 1. The highest BCUT2D eigenvalue weighted by atomic mass is 16.5. The molecule has 3 aromatic rings. The van der Waals surface area contributed by atoms with Gasteiger partial charge in [-0.2, -0.15) is 0 Å². The molecule has 130 valence electrons. The number of esters is 1. The van der Waals surface area contributed by atoms with E-state index >= 15 is 0 Å². The third kappa shape index (κ3) is 2.95. The summed E-state index contributed by atoms with van der Waals surface area (Å²) in [5.74, 6) is -0.827. The number of hydrogen-bond donors (Lipinski definition) is 1. The summed E-state index contributed by atoms with van der Waals surface area (Å²) < 4.78 is 6.87. The van der Waals surface area contributed by atoms with Gasteiger partial charge in [0.1, 0.15) is 6.61 Å². The molecule has 0 aliphatic carbocycles. The minimum atomic E-state index is -0.598. The molecule has 0 fully saturated rings. The fourth-order valence-corrected chi connectivity index (χ4v) is 2.87. The van der Waals surface area contributed by atoms with Crippen molar-refractivity contribution in [3.8, 4) is 5.69 Å². The van der Waals surface area contributed by atoms with Gasteiger partial charge in [0, 0.05) is 0 Å². The molecule has 0 saturated heterocycles. The number of ether oxygens (including phenoxy) is 1. The Balaban J connectivity index is 1.66. The number of carbonyl (C=O) groups excluding carboxylic acids is 2. The van der Waals surface area contributed by atoms with Crippen LogP contribution < -0.4 is 5.32 Å². The fourth-order valence-electron chi connectivity index (χ4n) is 2.87. The second-order valence-corrected chi connectivity index (χ2v) is 6.10. The lowest BCUT2D eigenvalue weighted by molar-refractivity contribution is -0.115. The lowest BCUT2D eigenvalue weighted by Gasteiger charge is -2.08. The van der Waals surface area contributed by atoms with Crippen LogP contribution in [0.25, 0.3) is 5.69 Å². The van der Waals surface area contributed by atoms with Crippen LogP contribution in [0.4, 0.5) is 5.69 Å². The first-order valence-electron chi connectivity index (χ1n) is 8.18. The van der Waals surface area contributed by atoms with Crippen molar-refractivity contribution in [3.63, 3.8) is 0 Å². The highest BCUT2D eigenvalue weighted by Gasteiger charge is 2.27. The van der Waals surface area contributed by atoms with Crippen molar-refractivity contribution < 1.29 is 14.3 Å². The first kappa shape index (κ1) is 16.0. The average Bonchev–Trinajstić information content (AvgIpc) is 2.99. The summed E-state index contributed by atoms with van der Waals surface area (Å²) in [5, 5.41) is 10.9. The summed E-state index contributed by atoms with van der Waals surface area (Å²) in [6, 6.07) is 15.0. The molecule has 1 aromatic heterocycles. The monoisotopic (exact) mass is 348 g/mol. The number of fused-ring (bicyclic) bond motifs is 3. The maximum atomic E-state index is 12.5. The van der Waals surface area contributed by atoms with Crippen molar-refractivity contribution in [1.82, 2.24) is 15.0 Å². The topological polar surface area (TPSA) is 86.1 Å². The van der Waals surface area contributed by atoms with E-state index in [1.54, 1.807) is 0 Å². The van der Waals surface area contributed by atoms with Crippen molar-refractivity contribution in [3.05, 3.63) is 71.0 Å². The lowest BCUT2D eigenvalue weighted by Crippen LogP contribution is -2.16. The second kappa shape index (κ2) is 6.44. The van der Waals surface area contributed by atoms with Gasteiger partial charge in [-0.15, -0.1) is 5.10 Å². The largest absolute Gasteiger partial charge is 0.456 e. The lowest BCUT2D eigenvalue weighted by atomic mass is 10.2. The van der Waals surface area contributed by atoms with Crippen molar-refractivity contribution in [2.24, 2.45) is 0 Å². The molecule has 0 spiro atoms.